The molecule has 1 saturated carbocycles. The van der Waals surface area contributed by atoms with E-state index < -0.39 is 5.97 Å². The first-order chi connectivity index (χ1) is 28.5. The van der Waals surface area contributed by atoms with Gasteiger partial charge in [0, 0.05) is 33.7 Å². The maximum Gasteiger partial charge on any atom is 0.354 e. The lowest BCUT2D eigenvalue weighted by atomic mass is 9.93. The number of benzene rings is 1. The third kappa shape index (κ3) is 19.7. The molecule has 5 rings (SSSR count). The molecule has 1 fully saturated rings. The van der Waals surface area contributed by atoms with E-state index in [0.717, 1.165) is 42.8 Å². The van der Waals surface area contributed by atoms with E-state index in [-0.39, 0.29) is 16.8 Å². The highest BCUT2D eigenvalue weighted by Gasteiger charge is 2.24. The second-order valence-electron chi connectivity index (χ2n) is 17.2. The minimum atomic E-state index is -1.00. The summed E-state index contributed by atoms with van der Waals surface area (Å²) in [6.07, 6.45) is 30.6. The van der Waals surface area contributed by atoms with E-state index in [1.54, 1.807) is 34.8 Å². The molecule has 7 nitrogen and oxygen atoms in total. The van der Waals surface area contributed by atoms with Crippen molar-refractivity contribution in [2.75, 3.05) is 13.1 Å². The molecule has 0 aliphatic heterocycles. The van der Waals surface area contributed by atoms with Crippen LogP contribution in [0.3, 0.4) is 0 Å². The van der Waals surface area contributed by atoms with Crippen molar-refractivity contribution >= 4 is 40.2 Å². The van der Waals surface area contributed by atoms with Gasteiger partial charge in [0.2, 0.25) is 0 Å². The maximum atomic E-state index is 11.2. The highest BCUT2D eigenvalue weighted by Crippen LogP contribution is 2.39. The van der Waals surface area contributed by atoms with Gasteiger partial charge in [0.05, 0.1) is 16.8 Å². The van der Waals surface area contributed by atoms with Crippen LogP contribution in [0.25, 0.3) is 11.3 Å². The molecule has 3 aromatic heterocycles. The number of carboxylic acids is 1. The summed E-state index contributed by atoms with van der Waals surface area (Å²) in [7, 11) is 0. The van der Waals surface area contributed by atoms with Crippen molar-refractivity contribution < 1.29 is 9.90 Å². The Morgan fingerprint density at radius 1 is 0.712 bits per heavy atom. The molecule has 1 aliphatic carbocycles. The molecule has 10 heteroatoms. The van der Waals surface area contributed by atoms with Crippen LogP contribution >= 0.6 is 34.3 Å². The van der Waals surface area contributed by atoms with E-state index in [0.29, 0.717) is 10.9 Å². The van der Waals surface area contributed by atoms with Gasteiger partial charge in [0.15, 0.2) is 0 Å². The van der Waals surface area contributed by atoms with E-state index in [1.807, 2.05) is 36.7 Å². The Hall–Kier alpha value is -2.69. The fourth-order valence-corrected chi connectivity index (χ4v) is 9.23. The van der Waals surface area contributed by atoms with Gasteiger partial charge in [0.1, 0.15) is 15.7 Å². The molecule has 1 aliphatic rings. The predicted octanol–water partition coefficient (Wildman–Crippen LogP) is 15.0. The average molecular weight is 867 g/mol. The van der Waals surface area contributed by atoms with Crippen LogP contribution in [-0.2, 0) is 11.1 Å². The molecule has 0 amide bonds. The fourth-order valence-electron chi connectivity index (χ4n) is 7.56. The number of hydrogen-bond donors (Lipinski definition) is 3. The number of unbranched alkanes of at least 4 members (excludes halogenated alkanes) is 14. The van der Waals surface area contributed by atoms with Crippen LogP contribution in [0.1, 0.15) is 202 Å². The van der Waals surface area contributed by atoms with Crippen LogP contribution in [0.5, 0.6) is 0 Å². The molecule has 0 radical (unpaired) electrons. The molecular weight excluding hydrogens is 790 g/mol. The summed E-state index contributed by atoms with van der Waals surface area (Å²) < 4.78 is 0. The second-order valence-corrected chi connectivity index (χ2v) is 19.4. The molecule has 3 N–H and O–H groups in total. The first kappa shape index (κ1) is 50.7. The van der Waals surface area contributed by atoms with Crippen molar-refractivity contribution in [3.63, 3.8) is 0 Å². The van der Waals surface area contributed by atoms with Crippen LogP contribution in [-0.4, -0.2) is 39.1 Å². The first-order valence-electron chi connectivity index (χ1n) is 22.8. The van der Waals surface area contributed by atoms with Crippen LogP contribution in [0, 0.1) is 0 Å². The normalized spacial score (nSPS) is 13.1. The van der Waals surface area contributed by atoms with Crippen LogP contribution in [0.15, 0.2) is 59.6 Å². The molecule has 0 bridgehead atoms. The third-order valence-corrected chi connectivity index (χ3v) is 13.6. The molecule has 328 valence electrons. The quantitative estimate of drug-likeness (QED) is 0.0571. The minimum absolute atomic E-state index is 0.0231. The minimum Gasteiger partial charge on any atom is -0.477 e. The number of aromatic carboxylic acids is 1. The Morgan fingerprint density at radius 3 is 1.61 bits per heavy atom. The van der Waals surface area contributed by atoms with E-state index in [2.05, 4.69) is 77.9 Å². The van der Waals surface area contributed by atoms with E-state index >= 15 is 0 Å². The number of thiazole rings is 2. The zero-order valence-electron chi connectivity index (χ0n) is 37.3. The van der Waals surface area contributed by atoms with Crippen LogP contribution < -0.4 is 10.6 Å². The molecule has 0 saturated heterocycles. The van der Waals surface area contributed by atoms with Crippen molar-refractivity contribution in [3.8, 4) is 11.3 Å². The summed E-state index contributed by atoms with van der Waals surface area (Å²) in [5, 5.41) is 23.5. The number of nitrogens with zero attached hydrogens (tertiary/aromatic N) is 3. The Balaban J connectivity index is 0.000000237. The van der Waals surface area contributed by atoms with Crippen molar-refractivity contribution in [1.82, 2.24) is 25.6 Å². The lowest BCUT2D eigenvalue weighted by Crippen LogP contribution is -2.37. The van der Waals surface area contributed by atoms with Gasteiger partial charge >= 0.3 is 5.97 Å². The van der Waals surface area contributed by atoms with E-state index in [9.17, 15) is 9.90 Å². The Morgan fingerprint density at radius 2 is 1.19 bits per heavy atom. The highest BCUT2D eigenvalue weighted by atomic mass is 35.5. The summed E-state index contributed by atoms with van der Waals surface area (Å²) in [6.45, 7) is 15.6. The van der Waals surface area contributed by atoms with Gasteiger partial charge in [-0.1, -0.05) is 146 Å². The molecule has 0 spiro atoms. The molecule has 1 aromatic carbocycles. The molecule has 4 aromatic rings. The molecule has 0 unspecified atom stereocenters. The molecule has 0 atom stereocenters. The first-order valence-corrected chi connectivity index (χ1v) is 24.9. The van der Waals surface area contributed by atoms with Crippen molar-refractivity contribution in [1.29, 1.82) is 0 Å². The topological polar surface area (TPSA) is 100 Å². The highest BCUT2D eigenvalue weighted by molar-refractivity contribution is 7.10. The Kier molecular flexibility index (Phi) is 24.7. The number of pyridine rings is 1. The Labute approximate surface area is 371 Å². The lowest BCUT2D eigenvalue weighted by molar-refractivity contribution is 0.0690. The van der Waals surface area contributed by atoms with Gasteiger partial charge in [-0.3, -0.25) is 0 Å². The Bertz CT molecular complexity index is 1610. The number of nitrogens with one attached hydrogen (secondary N) is 2. The van der Waals surface area contributed by atoms with Gasteiger partial charge in [-0.15, -0.1) is 22.7 Å². The standard InChI is InChI=1S/C17H16ClNO2.2C16H30N2S/c18-13-7-3-6-12(10-13)16-14(11-4-1-2-5-11)8-9-15(19-16)17(20)21;2*1-4-5-6-7-8-9-10-11-12-18-16(2,3)15-17-13-14-19-15/h3,6-11H,1-2,4-5H2,(H,20,21);2*13-14,18H,4-12H2,1-3H3. The van der Waals surface area contributed by atoms with E-state index in [4.69, 9.17) is 11.6 Å². The SMILES string of the molecule is CCCCCCCCCCNC(C)(C)c1nccs1.CCCCCCCCCCNC(C)(C)c1nccs1.O=C(O)c1ccc(C2CCCC2)c(-c2cccc(Cl)c2)n1. The fraction of sp³-hybridized carbons (Fsp3) is 0.633. The number of rotatable bonds is 25. The summed E-state index contributed by atoms with van der Waals surface area (Å²) in [5.41, 5.74) is 2.90. The maximum absolute atomic E-state index is 11.2. The van der Waals surface area contributed by atoms with Crippen molar-refractivity contribution in [3.05, 3.63) is 85.8 Å². The lowest BCUT2D eigenvalue weighted by Gasteiger charge is -2.23. The van der Waals surface area contributed by atoms with E-state index in [1.165, 1.54) is 126 Å². The smallest absolute Gasteiger partial charge is 0.354 e. The van der Waals surface area contributed by atoms with Crippen LogP contribution in [0.4, 0.5) is 0 Å². The van der Waals surface area contributed by atoms with Gasteiger partial charge in [-0.25, -0.2) is 19.7 Å². The third-order valence-electron chi connectivity index (χ3n) is 11.2. The number of carbonyl (C=O) groups is 1. The molecule has 3 heterocycles. The van der Waals surface area contributed by atoms with Crippen molar-refractivity contribution in [2.45, 2.75) is 187 Å². The number of carboxylic acid groups (broad SMARTS) is 1. The van der Waals surface area contributed by atoms with Gasteiger partial charge in [-0.05, 0) is 96.1 Å². The van der Waals surface area contributed by atoms with Gasteiger partial charge in [0.25, 0.3) is 0 Å². The number of halogens is 1. The summed E-state index contributed by atoms with van der Waals surface area (Å²) in [5.74, 6) is -0.537. The largest absolute Gasteiger partial charge is 0.477 e. The number of aromatic nitrogens is 3. The zero-order valence-corrected chi connectivity index (χ0v) is 39.7. The van der Waals surface area contributed by atoms with Crippen molar-refractivity contribution in [2.24, 2.45) is 0 Å². The molecule has 59 heavy (non-hydrogen) atoms. The zero-order chi connectivity index (χ0) is 42.8. The summed E-state index contributed by atoms with van der Waals surface area (Å²) in [4.78, 5) is 24.4. The molecular formula is C49H76ClN5O2S2. The second kappa shape index (κ2) is 28.8. The summed E-state index contributed by atoms with van der Waals surface area (Å²) in [6, 6.07) is 11.0. The van der Waals surface area contributed by atoms with Gasteiger partial charge < -0.3 is 15.7 Å². The van der Waals surface area contributed by atoms with Crippen LogP contribution in [0.2, 0.25) is 5.02 Å². The van der Waals surface area contributed by atoms with Gasteiger partial charge in [-0.2, -0.15) is 0 Å². The predicted molar refractivity (Wildman–Crippen MR) is 254 cm³/mol. The average Bonchev–Trinajstić information content (AvgIpc) is 4.06. The summed E-state index contributed by atoms with van der Waals surface area (Å²) >= 11 is 9.54. The monoisotopic (exact) mass is 866 g/mol. The number of hydrogen-bond acceptors (Lipinski definition) is 8.